The summed E-state index contributed by atoms with van der Waals surface area (Å²) in [5.74, 6) is -2.04. The fourth-order valence-corrected chi connectivity index (χ4v) is 7.49. The summed E-state index contributed by atoms with van der Waals surface area (Å²) in [5.41, 5.74) is 0. The van der Waals surface area contributed by atoms with E-state index in [1.807, 2.05) is 6.08 Å². The van der Waals surface area contributed by atoms with Crippen LogP contribution < -0.4 is 0 Å². The van der Waals surface area contributed by atoms with Crippen molar-refractivity contribution >= 4 is 22.1 Å². The van der Waals surface area contributed by atoms with Crippen LogP contribution in [0.15, 0.2) is 73.4 Å². The smallest absolute Gasteiger partial charge is 0.306 e. The number of hydrogen-bond donors (Lipinski definition) is 4. The highest BCUT2D eigenvalue weighted by Crippen LogP contribution is 2.24. The van der Waals surface area contributed by atoms with Crippen LogP contribution in [0.2, 0.25) is 0 Å². The number of carbonyl (C=O) groups excluding carboxylic acids is 2. The zero-order chi connectivity index (χ0) is 45.5. The van der Waals surface area contributed by atoms with Crippen molar-refractivity contribution < 1.29 is 56.8 Å². The number of ether oxygens (including phenoxy) is 4. The molecule has 1 aliphatic heterocycles. The molecule has 12 nitrogen and oxygen atoms in total. The van der Waals surface area contributed by atoms with Crippen molar-refractivity contribution in [1.82, 2.24) is 0 Å². The third kappa shape index (κ3) is 32.7. The van der Waals surface area contributed by atoms with E-state index in [0.29, 0.717) is 12.8 Å². The molecule has 62 heavy (non-hydrogen) atoms. The highest BCUT2D eigenvalue weighted by Gasteiger charge is 2.46. The number of rotatable bonds is 39. The molecule has 1 aliphatic rings. The van der Waals surface area contributed by atoms with Crippen LogP contribution in [0.5, 0.6) is 0 Å². The van der Waals surface area contributed by atoms with Crippen LogP contribution in [-0.4, -0.2) is 96.0 Å². The first-order chi connectivity index (χ1) is 30.0. The second-order valence-corrected chi connectivity index (χ2v) is 17.6. The zero-order valence-electron chi connectivity index (χ0n) is 37.8. The van der Waals surface area contributed by atoms with Crippen LogP contribution in [0.3, 0.4) is 0 Å². The highest BCUT2D eigenvalue weighted by molar-refractivity contribution is 7.85. The fraction of sp³-hybridized carbons (Fsp3) is 0.714. The molecule has 356 valence electrons. The Morgan fingerprint density at radius 3 is 1.56 bits per heavy atom. The van der Waals surface area contributed by atoms with E-state index < -0.39 is 71.2 Å². The third-order valence-corrected chi connectivity index (χ3v) is 11.2. The van der Waals surface area contributed by atoms with Crippen molar-refractivity contribution in [2.45, 2.75) is 204 Å². The van der Waals surface area contributed by atoms with Crippen molar-refractivity contribution in [3.8, 4) is 0 Å². The van der Waals surface area contributed by atoms with Gasteiger partial charge in [0.1, 0.15) is 36.8 Å². The van der Waals surface area contributed by atoms with Gasteiger partial charge in [-0.3, -0.25) is 14.1 Å². The van der Waals surface area contributed by atoms with Crippen LogP contribution in [0.25, 0.3) is 0 Å². The molecule has 4 N–H and O–H groups in total. The second kappa shape index (κ2) is 38.5. The Morgan fingerprint density at radius 1 is 0.597 bits per heavy atom. The molecule has 0 radical (unpaired) electrons. The Kier molecular flexibility index (Phi) is 35.5. The zero-order valence-corrected chi connectivity index (χ0v) is 38.6. The lowest BCUT2D eigenvalue weighted by atomic mass is 10.00. The van der Waals surface area contributed by atoms with Gasteiger partial charge < -0.3 is 34.3 Å². The number of esters is 2. The van der Waals surface area contributed by atoms with Gasteiger partial charge in [-0.1, -0.05) is 151 Å². The van der Waals surface area contributed by atoms with Gasteiger partial charge in [0, 0.05) is 12.8 Å². The molecule has 1 saturated heterocycles. The Balaban J connectivity index is 2.45. The Bertz CT molecular complexity index is 1410. The van der Waals surface area contributed by atoms with Gasteiger partial charge in [0.25, 0.3) is 10.1 Å². The number of hydrogen-bond acceptors (Lipinski definition) is 11. The van der Waals surface area contributed by atoms with Gasteiger partial charge in [-0.15, -0.1) is 6.58 Å². The van der Waals surface area contributed by atoms with Gasteiger partial charge in [-0.25, -0.2) is 0 Å². The first-order valence-electron chi connectivity index (χ1n) is 23.5. The Hall–Kier alpha value is -2.91. The van der Waals surface area contributed by atoms with Gasteiger partial charge in [0.05, 0.1) is 6.61 Å². The minimum Gasteiger partial charge on any atom is -0.462 e. The lowest BCUT2D eigenvalue weighted by Gasteiger charge is -2.40. The topological polar surface area (TPSA) is 186 Å². The van der Waals surface area contributed by atoms with E-state index >= 15 is 0 Å². The van der Waals surface area contributed by atoms with Gasteiger partial charge in [0.15, 0.2) is 12.4 Å². The second-order valence-electron chi connectivity index (χ2n) is 16.1. The van der Waals surface area contributed by atoms with Crippen LogP contribution in [0.4, 0.5) is 0 Å². The lowest BCUT2D eigenvalue weighted by molar-refractivity contribution is -0.297. The maximum atomic E-state index is 12.8. The summed E-state index contributed by atoms with van der Waals surface area (Å²) in [4.78, 5) is 25.4. The number of allylic oxidation sites excluding steroid dienone is 11. The quantitative estimate of drug-likeness (QED) is 0.0198. The summed E-state index contributed by atoms with van der Waals surface area (Å²) in [6.45, 7) is 5.14. The molecule has 0 aliphatic carbocycles. The molecule has 0 aromatic carbocycles. The highest BCUT2D eigenvalue weighted by atomic mass is 32.2. The molecular weight excluding hydrogens is 813 g/mol. The van der Waals surface area contributed by atoms with E-state index in [4.69, 9.17) is 18.9 Å². The average Bonchev–Trinajstić information content (AvgIpc) is 3.24. The number of aliphatic hydroxyl groups is 3. The molecule has 1 heterocycles. The predicted molar refractivity (Wildman–Crippen MR) is 247 cm³/mol. The van der Waals surface area contributed by atoms with Crippen LogP contribution in [-0.2, 0) is 38.7 Å². The molecule has 6 atom stereocenters. The van der Waals surface area contributed by atoms with E-state index in [-0.39, 0.29) is 19.4 Å². The van der Waals surface area contributed by atoms with E-state index in [1.54, 1.807) is 0 Å². The number of aliphatic hydroxyl groups excluding tert-OH is 3. The normalized spacial score (nSPS) is 20.3. The van der Waals surface area contributed by atoms with Crippen LogP contribution in [0, 0.1) is 0 Å². The first-order valence-corrected chi connectivity index (χ1v) is 25.1. The number of unbranched alkanes of at least 4 members (excludes halogenated alkanes) is 16. The van der Waals surface area contributed by atoms with Crippen molar-refractivity contribution in [2.75, 3.05) is 19.0 Å². The number of carbonyl (C=O) groups is 2. The Morgan fingerprint density at radius 2 is 1.05 bits per heavy atom. The van der Waals surface area contributed by atoms with Crippen molar-refractivity contribution in [3.05, 3.63) is 73.4 Å². The molecule has 1 rings (SSSR count). The van der Waals surface area contributed by atoms with E-state index in [1.165, 1.54) is 57.8 Å². The van der Waals surface area contributed by atoms with E-state index in [2.05, 4.69) is 74.3 Å². The molecule has 13 heteroatoms. The Labute approximate surface area is 374 Å². The minimum absolute atomic E-state index is 0.121. The SMILES string of the molecule is C=CCCCCCCCCCCCCCCCC(=O)OC[C@H](CO[C@H]1O[C@H](CS(=O)(=O)O)[C@@H](O)C(O)C1O)OC(=O)CCCCC/C=C/C/C=C/C/C=C/C/C=C/C/C=C/CC. The van der Waals surface area contributed by atoms with Crippen molar-refractivity contribution in [1.29, 1.82) is 0 Å². The lowest BCUT2D eigenvalue weighted by Crippen LogP contribution is -2.60. The molecule has 0 bridgehead atoms. The monoisotopic (exact) mass is 895 g/mol. The van der Waals surface area contributed by atoms with E-state index in [0.717, 1.165) is 77.0 Å². The maximum absolute atomic E-state index is 12.8. The molecule has 0 spiro atoms. The molecule has 1 fully saturated rings. The van der Waals surface area contributed by atoms with Crippen LogP contribution in [0.1, 0.15) is 167 Å². The largest absolute Gasteiger partial charge is 0.462 e. The van der Waals surface area contributed by atoms with Gasteiger partial charge in [0.2, 0.25) is 0 Å². The molecular formula is C49H82O12S. The summed E-state index contributed by atoms with van der Waals surface area (Å²) in [5, 5.41) is 30.9. The summed E-state index contributed by atoms with van der Waals surface area (Å²) < 4.78 is 54.1. The average molecular weight is 895 g/mol. The van der Waals surface area contributed by atoms with E-state index in [9.17, 15) is 37.9 Å². The summed E-state index contributed by atoms with van der Waals surface area (Å²) >= 11 is 0. The standard InChI is InChI=1S/C49H82O12S/c1-3-5-7-9-11-13-15-17-19-20-21-22-24-26-28-30-32-34-36-38-45(51)60-42(40-59-49-48(54)47(53)46(52)43(61-49)41-62(55,56)57)39-58-44(50)37-35-33-31-29-27-25-23-18-16-14-12-10-8-6-4-2/h4-5,7,11,13,17,19,21-22,26,28,42-43,46-49,52-54H,2-3,6,8-10,12,14-16,18,20,23-25,27,29-41H2,1H3,(H,55,56,57)/b7-5+,13-11+,19-17+,22-21+,28-26+/t42-,43-,46-,47?,48?,49+/m1/s1. The summed E-state index contributed by atoms with van der Waals surface area (Å²) in [6, 6.07) is 0. The van der Waals surface area contributed by atoms with Gasteiger partial charge in [-0.2, -0.15) is 8.42 Å². The van der Waals surface area contributed by atoms with Crippen molar-refractivity contribution in [2.24, 2.45) is 0 Å². The molecule has 2 unspecified atom stereocenters. The first kappa shape index (κ1) is 57.1. The molecule has 0 aromatic heterocycles. The van der Waals surface area contributed by atoms with Crippen molar-refractivity contribution in [3.63, 3.8) is 0 Å². The summed E-state index contributed by atoms with van der Waals surface area (Å²) in [6.07, 6.45) is 38.3. The van der Waals surface area contributed by atoms with Gasteiger partial charge in [-0.05, 0) is 70.6 Å². The summed E-state index contributed by atoms with van der Waals surface area (Å²) in [7, 11) is -4.61. The molecule has 0 amide bonds. The minimum atomic E-state index is -4.61. The van der Waals surface area contributed by atoms with Crippen LogP contribution >= 0.6 is 0 Å². The molecule has 0 saturated carbocycles. The predicted octanol–water partition coefficient (Wildman–Crippen LogP) is 9.89. The molecule has 0 aromatic rings. The maximum Gasteiger partial charge on any atom is 0.306 e. The fourth-order valence-electron chi connectivity index (χ4n) is 6.80. The van der Waals surface area contributed by atoms with Gasteiger partial charge >= 0.3 is 11.9 Å². The third-order valence-electron chi connectivity index (χ3n) is 10.4.